The fourth-order valence-electron chi connectivity index (χ4n) is 1.58. The minimum atomic E-state index is -0.552. The lowest BCUT2D eigenvalue weighted by Crippen LogP contribution is -2.09. The number of carbonyl (C=O) groups excluding carboxylic acids is 2. The number of nitrogen functional groups attached to an aromatic ring is 1. The summed E-state index contributed by atoms with van der Waals surface area (Å²) in [6.45, 7) is 1.44. The minimum absolute atomic E-state index is 0.128. The Hall–Kier alpha value is -2.63. The molecule has 0 aliphatic heterocycles. The number of benzene rings is 1. The molecule has 4 N–H and O–H groups in total. The van der Waals surface area contributed by atoms with Crippen LogP contribution in [0.4, 0.5) is 5.69 Å². The summed E-state index contributed by atoms with van der Waals surface area (Å²) in [5.41, 5.74) is 12.6. The molecule has 0 atom stereocenters. The lowest BCUT2D eigenvalue weighted by Gasteiger charge is -2.06. The van der Waals surface area contributed by atoms with Gasteiger partial charge in [0.05, 0.1) is 17.4 Å². The molecular weight excluding hydrogens is 232 g/mol. The number of rotatable bonds is 3. The molecule has 6 heteroatoms. The van der Waals surface area contributed by atoms with Gasteiger partial charge in [0.2, 0.25) is 0 Å². The summed E-state index contributed by atoms with van der Waals surface area (Å²) in [4.78, 5) is 22.3. The summed E-state index contributed by atoms with van der Waals surface area (Å²) in [6, 6.07) is 4.95. The average molecular weight is 244 g/mol. The summed E-state index contributed by atoms with van der Waals surface area (Å²) < 4.78 is 1.46. The van der Waals surface area contributed by atoms with Crippen molar-refractivity contribution in [3.63, 3.8) is 0 Å². The van der Waals surface area contributed by atoms with Gasteiger partial charge in [-0.05, 0) is 25.1 Å². The van der Waals surface area contributed by atoms with Crippen molar-refractivity contribution in [1.82, 2.24) is 9.78 Å². The highest BCUT2D eigenvalue weighted by molar-refractivity contribution is 5.99. The van der Waals surface area contributed by atoms with Crippen LogP contribution < -0.4 is 11.5 Å². The van der Waals surface area contributed by atoms with Crippen molar-refractivity contribution in [2.45, 2.75) is 6.92 Å². The fourth-order valence-corrected chi connectivity index (χ4v) is 1.58. The number of hydrogen-bond acceptors (Lipinski definition) is 4. The van der Waals surface area contributed by atoms with E-state index in [2.05, 4.69) is 5.10 Å². The Morgan fingerprint density at radius 1 is 1.33 bits per heavy atom. The smallest absolute Gasteiger partial charge is 0.251 e. The standard InChI is InChI=1S/C12H12N4O2/c1-7(17)10-4-9(2-3-11(10)13)16-6-8(5-15-16)12(14)18/h2-6H,13H2,1H3,(H2,14,18). The van der Waals surface area contributed by atoms with Gasteiger partial charge in [0.15, 0.2) is 5.78 Å². The zero-order valence-corrected chi connectivity index (χ0v) is 9.75. The van der Waals surface area contributed by atoms with Gasteiger partial charge in [-0.2, -0.15) is 5.10 Å². The zero-order valence-electron chi connectivity index (χ0n) is 9.75. The van der Waals surface area contributed by atoms with E-state index in [1.165, 1.54) is 24.0 Å². The first kappa shape index (κ1) is 11.8. The van der Waals surface area contributed by atoms with Crippen LogP contribution in [-0.4, -0.2) is 21.5 Å². The van der Waals surface area contributed by atoms with Gasteiger partial charge in [-0.25, -0.2) is 4.68 Å². The molecule has 1 amide bonds. The maximum atomic E-state index is 11.4. The predicted molar refractivity (Wildman–Crippen MR) is 66.5 cm³/mol. The topological polar surface area (TPSA) is 104 Å². The first-order chi connectivity index (χ1) is 8.49. The van der Waals surface area contributed by atoms with Gasteiger partial charge in [-0.3, -0.25) is 9.59 Å². The van der Waals surface area contributed by atoms with Gasteiger partial charge in [0.1, 0.15) is 0 Å². The average Bonchev–Trinajstić information content (AvgIpc) is 2.78. The first-order valence-corrected chi connectivity index (χ1v) is 5.24. The molecule has 0 spiro atoms. The molecule has 1 aromatic heterocycles. The molecule has 1 aromatic carbocycles. The van der Waals surface area contributed by atoms with Crippen LogP contribution in [0.15, 0.2) is 30.6 Å². The van der Waals surface area contributed by atoms with Gasteiger partial charge < -0.3 is 11.5 Å². The van der Waals surface area contributed by atoms with Crippen molar-refractivity contribution in [2.75, 3.05) is 5.73 Å². The molecule has 2 aromatic rings. The largest absolute Gasteiger partial charge is 0.398 e. The summed E-state index contributed by atoms with van der Waals surface area (Å²) in [6.07, 6.45) is 2.86. The number of amides is 1. The number of primary amides is 1. The van der Waals surface area contributed by atoms with Crippen LogP contribution >= 0.6 is 0 Å². The molecule has 6 nitrogen and oxygen atoms in total. The summed E-state index contributed by atoms with van der Waals surface area (Å²) in [5, 5.41) is 4.00. The second-order valence-corrected chi connectivity index (χ2v) is 3.87. The zero-order chi connectivity index (χ0) is 13.3. The summed E-state index contributed by atoms with van der Waals surface area (Å²) in [5.74, 6) is -0.680. The molecule has 92 valence electrons. The maximum absolute atomic E-state index is 11.4. The normalized spacial score (nSPS) is 10.3. The molecule has 0 radical (unpaired) electrons. The van der Waals surface area contributed by atoms with Gasteiger partial charge in [-0.15, -0.1) is 0 Å². The van der Waals surface area contributed by atoms with Crippen molar-refractivity contribution >= 4 is 17.4 Å². The van der Waals surface area contributed by atoms with E-state index in [0.29, 0.717) is 22.5 Å². The Morgan fingerprint density at radius 3 is 2.61 bits per heavy atom. The van der Waals surface area contributed by atoms with E-state index in [1.54, 1.807) is 18.2 Å². The molecule has 1 heterocycles. The molecule has 0 saturated carbocycles. The van der Waals surface area contributed by atoms with Gasteiger partial charge in [0.25, 0.3) is 5.91 Å². The highest BCUT2D eigenvalue weighted by atomic mass is 16.1. The van der Waals surface area contributed by atoms with E-state index in [9.17, 15) is 9.59 Å². The molecule has 0 saturated heterocycles. The van der Waals surface area contributed by atoms with E-state index in [1.807, 2.05) is 0 Å². The molecule has 0 aliphatic carbocycles. The van der Waals surface area contributed by atoms with E-state index < -0.39 is 5.91 Å². The lowest BCUT2D eigenvalue weighted by molar-refractivity contribution is 0.0996. The Balaban J connectivity index is 2.47. The predicted octanol–water partition coefficient (Wildman–Crippen LogP) is 0.756. The Morgan fingerprint density at radius 2 is 2.06 bits per heavy atom. The number of carbonyl (C=O) groups is 2. The number of nitrogens with two attached hydrogens (primary N) is 2. The molecular formula is C12H12N4O2. The lowest BCUT2D eigenvalue weighted by atomic mass is 10.1. The van der Waals surface area contributed by atoms with Crippen molar-refractivity contribution in [3.05, 3.63) is 41.7 Å². The van der Waals surface area contributed by atoms with Crippen molar-refractivity contribution in [1.29, 1.82) is 0 Å². The Kier molecular flexibility index (Phi) is 2.85. The van der Waals surface area contributed by atoms with Crippen LogP contribution in [0.3, 0.4) is 0 Å². The molecule has 0 fully saturated rings. The van der Waals surface area contributed by atoms with Crippen LogP contribution in [0, 0.1) is 0 Å². The summed E-state index contributed by atoms with van der Waals surface area (Å²) >= 11 is 0. The molecule has 2 rings (SSSR count). The number of Topliss-reactive ketones (excluding diaryl/α,β-unsaturated/α-hetero) is 1. The molecule has 0 bridgehead atoms. The van der Waals surface area contributed by atoms with Crippen molar-refractivity contribution in [3.8, 4) is 5.69 Å². The van der Waals surface area contributed by atoms with E-state index in [0.717, 1.165) is 0 Å². The maximum Gasteiger partial charge on any atom is 0.251 e. The molecule has 18 heavy (non-hydrogen) atoms. The van der Waals surface area contributed by atoms with E-state index in [4.69, 9.17) is 11.5 Å². The van der Waals surface area contributed by atoms with E-state index >= 15 is 0 Å². The number of ketones is 1. The Labute approximate surface area is 103 Å². The number of aromatic nitrogens is 2. The van der Waals surface area contributed by atoms with Gasteiger partial charge >= 0.3 is 0 Å². The SMILES string of the molecule is CC(=O)c1cc(-n2cc(C(N)=O)cn2)ccc1N. The second kappa shape index (κ2) is 4.33. The fraction of sp³-hybridized carbons (Fsp3) is 0.0833. The number of hydrogen-bond donors (Lipinski definition) is 2. The van der Waals surface area contributed by atoms with Crippen LogP contribution in [0.25, 0.3) is 5.69 Å². The van der Waals surface area contributed by atoms with Crippen LogP contribution in [0.5, 0.6) is 0 Å². The number of nitrogens with zero attached hydrogens (tertiary/aromatic N) is 2. The highest BCUT2D eigenvalue weighted by Crippen LogP contribution is 2.17. The highest BCUT2D eigenvalue weighted by Gasteiger charge is 2.09. The van der Waals surface area contributed by atoms with Crippen LogP contribution in [0.2, 0.25) is 0 Å². The molecule has 0 unspecified atom stereocenters. The monoisotopic (exact) mass is 244 g/mol. The van der Waals surface area contributed by atoms with Crippen LogP contribution in [0.1, 0.15) is 27.6 Å². The van der Waals surface area contributed by atoms with Crippen molar-refractivity contribution in [2.24, 2.45) is 5.73 Å². The van der Waals surface area contributed by atoms with Crippen molar-refractivity contribution < 1.29 is 9.59 Å². The number of anilines is 1. The third-order valence-electron chi connectivity index (χ3n) is 2.55. The molecule has 0 aliphatic rings. The van der Waals surface area contributed by atoms with Gasteiger partial charge in [0, 0.05) is 17.4 Å². The van der Waals surface area contributed by atoms with Gasteiger partial charge in [-0.1, -0.05) is 0 Å². The minimum Gasteiger partial charge on any atom is -0.398 e. The third-order valence-corrected chi connectivity index (χ3v) is 2.55. The second-order valence-electron chi connectivity index (χ2n) is 3.87. The van der Waals surface area contributed by atoms with E-state index in [-0.39, 0.29) is 5.78 Å². The van der Waals surface area contributed by atoms with Crippen LogP contribution in [-0.2, 0) is 0 Å². The first-order valence-electron chi connectivity index (χ1n) is 5.24. The quantitative estimate of drug-likeness (QED) is 0.614. The third kappa shape index (κ3) is 2.08. The Bertz CT molecular complexity index is 631. The summed E-state index contributed by atoms with van der Waals surface area (Å²) in [7, 11) is 0.